The molecule has 0 saturated carbocycles. The number of rotatable bonds is 7. The Morgan fingerprint density at radius 3 is 2.67 bits per heavy atom. The number of H-pyrrole nitrogens is 1. The predicted molar refractivity (Wildman–Crippen MR) is 81.8 cm³/mol. The molecule has 1 aromatic heterocycles. The summed E-state index contributed by atoms with van der Waals surface area (Å²) in [6.07, 6.45) is 1.65. The Morgan fingerprint density at radius 1 is 1.43 bits per heavy atom. The Morgan fingerprint density at radius 2 is 2.10 bits per heavy atom. The van der Waals surface area contributed by atoms with Crippen LogP contribution in [0.4, 0.5) is 5.69 Å². The number of aromatic amines is 1. The maximum absolute atomic E-state index is 12.2. The molecule has 0 saturated heterocycles. The van der Waals surface area contributed by atoms with Crippen LogP contribution in [0.1, 0.15) is 43.4 Å². The number of aryl methyl sites for hydroxylation is 1. The molecule has 0 radical (unpaired) electrons. The maximum atomic E-state index is 12.2. The summed E-state index contributed by atoms with van der Waals surface area (Å²) < 4.78 is 0. The molecule has 1 rings (SSSR count). The van der Waals surface area contributed by atoms with Crippen molar-refractivity contribution in [3.63, 3.8) is 0 Å². The van der Waals surface area contributed by atoms with Crippen molar-refractivity contribution < 1.29 is 9.59 Å². The average Bonchev–Trinajstić information content (AvgIpc) is 2.77. The van der Waals surface area contributed by atoms with Gasteiger partial charge in [-0.1, -0.05) is 27.2 Å². The van der Waals surface area contributed by atoms with Gasteiger partial charge in [0, 0.05) is 13.6 Å². The molecule has 0 aliphatic carbocycles. The maximum Gasteiger partial charge on any atom is 0.276 e. The summed E-state index contributed by atoms with van der Waals surface area (Å²) >= 11 is 0. The molecule has 0 aliphatic rings. The van der Waals surface area contributed by atoms with Gasteiger partial charge in [-0.3, -0.25) is 14.7 Å². The second-order valence-corrected chi connectivity index (χ2v) is 5.57. The molecule has 7 heteroatoms. The molecule has 0 aromatic carbocycles. The number of aromatic nitrogens is 2. The van der Waals surface area contributed by atoms with E-state index in [9.17, 15) is 9.59 Å². The molecule has 21 heavy (non-hydrogen) atoms. The summed E-state index contributed by atoms with van der Waals surface area (Å²) in [5.41, 5.74) is 7.23. The van der Waals surface area contributed by atoms with Gasteiger partial charge in [-0.2, -0.15) is 5.10 Å². The van der Waals surface area contributed by atoms with Crippen molar-refractivity contribution in [2.24, 2.45) is 5.92 Å². The van der Waals surface area contributed by atoms with E-state index in [0.29, 0.717) is 18.2 Å². The van der Waals surface area contributed by atoms with E-state index in [2.05, 4.69) is 15.5 Å². The van der Waals surface area contributed by atoms with Crippen LogP contribution in [0.5, 0.6) is 0 Å². The van der Waals surface area contributed by atoms with E-state index in [1.54, 1.807) is 7.05 Å². The summed E-state index contributed by atoms with van der Waals surface area (Å²) in [7, 11) is 1.56. The monoisotopic (exact) mass is 295 g/mol. The zero-order valence-corrected chi connectivity index (χ0v) is 13.2. The first kappa shape index (κ1) is 17.0. The van der Waals surface area contributed by atoms with Crippen LogP contribution in [-0.2, 0) is 11.2 Å². The molecular formula is C14H25N5O2. The zero-order chi connectivity index (χ0) is 16.0. The zero-order valence-electron chi connectivity index (χ0n) is 13.2. The summed E-state index contributed by atoms with van der Waals surface area (Å²) in [6.45, 7) is 6.61. The highest BCUT2D eigenvalue weighted by atomic mass is 16.2. The number of carbonyl (C=O) groups is 2. The lowest BCUT2D eigenvalue weighted by Crippen LogP contribution is -2.39. The van der Waals surface area contributed by atoms with Crippen molar-refractivity contribution >= 4 is 17.5 Å². The third-order valence-electron chi connectivity index (χ3n) is 3.02. The number of nitrogens with zero attached hydrogens (tertiary/aromatic N) is 2. The summed E-state index contributed by atoms with van der Waals surface area (Å²) in [6, 6.07) is 0. The standard InChI is InChI=1S/C14H25N5O2/c1-5-6-10-12(15)13(18-17-10)14(21)19(4)8-11(20)16-7-9(2)3/h9H,5-8,15H2,1-4H3,(H,16,20)(H,17,18). The first-order valence-electron chi connectivity index (χ1n) is 7.21. The number of nitrogen functional groups attached to an aromatic ring is 1. The third-order valence-corrected chi connectivity index (χ3v) is 3.02. The lowest BCUT2D eigenvalue weighted by molar-refractivity contribution is -0.121. The van der Waals surface area contributed by atoms with Crippen LogP contribution in [-0.4, -0.2) is 47.0 Å². The topological polar surface area (TPSA) is 104 Å². The number of anilines is 1. The minimum absolute atomic E-state index is 0.0129. The molecule has 0 atom stereocenters. The number of carbonyl (C=O) groups excluding carboxylic acids is 2. The highest BCUT2D eigenvalue weighted by Gasteiger charge is 2.21. The number of hydrogen-bond acceptors (Lipinski definition) is 4. The fraction of sp³-hybridized carbons (Fsp3) is 0.643. The normalized spacial score (nSPS) is 10.7. The average molecular weight is 295 g/mol. The molecule has 0 fully saturated rings. The van der Waals surface area contributed by atoms with Crippen molar-refractivity contribution in [1.29, 1.82) is 0 Å². The highest BCUT2D eigenvalue weighted by Crippen LogP contribution is 2.16. The number of amides is 2. The van der Waals surface area contributed by atoms with E-state index >= 15 is 0 Å². The van der Waals surface area contributed by atoms with Gasteiger partial charge in [-0.15, -0.1) is 0 Å². The Bertz CT molecular complexity index is 496. The van der Waals surface area contributed by atoms with E-state index in [1.165, 1.54) is 4.90 Å². The van der Waals surface area contributed by atoms with Gasteiger partial charge < -0.3 is 16.0 Å². The molecule has 0 bridgehead atoms. The first-order chi connectivity index (χ1) is 9.86. The minimum atomic E-state index is -0.356. The van der Waals surface area contributed by atoms with Gasteiger partial charge in [0.2, 0.25) is 5.91 Å². The second-order valence-electron chi connectivity index (χ2n) is 5.57. The van der Waals surface area contributed by atoms with Gasteiger partial charge in [0.15, 0.2) is 5.69 Å². The Hall–Kier alpha value is -2.05. The van der Waals surface area contributed by atoms with Crippen LogP contribution in [0.3, 0.4) is 0 Å². The summed E-state index contributed by atoms with van der Waals surface area (Å²) in [5, 5.41) is 9.51. The smallest absolute Gasteiger partial charge is 0.276 e. The van der Waals surface area contributed by atoms with Crippen LogP contribution >= 0.6 is 0 Å². The van der Waals surface area contributed by atoms with Crippen molar-refractivity contribution in [2.75, 3.05) is 25.9 Å². The van der Waals surface area contributed by atoms with E-state index < -0.39 is 0 Å². The molecule has 1 heterocycles. The Kier molecular flexibility index (Phi) is 6.20. The Balaban J connectivity index is 2.64. The molecule has 0 aliphatic heterocycles. The van der Waals surface area contributed by atoms with Crippen LogP contribution in [0.2, 0.25) is 0 Å². The van der Waals surface area contributed by atoms with Crippen molar-refractivity contribution in [1.82, 2.24) is 20.4 Å². The molecule has 2 amide bonds. The lowest BCUT2D eigenvalue weighted by Gasteiger charge is -2.16. The molecule has 0 spiro atoms. The highest BCUT2D eigenvalue weighted by molar-refractivity contribution is 5.99. The van der Waals surface area contributed by atoms with Gasteiger partial charge in [0.1, 0.15) is 0 Å². The Labute approximate surface area is 125 Å². The second kappa shape index (κ2) is 7.66. The molecule has 7 nitrogen and oxygen atoms in total. The molecule has 118 valence electrons. The minimum Gasteiger partial charge on any atom is -0.395 e. The SMILES string of the molecule is CCCc1[nH]nc(C(=O)N(C)CC(=O)NCC(C)C)c1N. The van der Waals surface area contributed by atoms with Crippen molar-refractivity contribution in [2.45, 2.75) is 33.6 Å². The number of hydrogen-bond donors (Lipinski definition) is 3. The van der Waals surface area contributed by atoms with Gasteiger partial charge in [0.05, 0.1) is 17.9 Å². The number of nitrogens with two attached hydrogens (primary N) is 1. The van der Waals surface area contributed by atoms with Crippen LogP contribution in [0.25, 0.3) is 0 Å². The molecule has 1 aromatic rings. The largest absolute Gasteiger partial charge is 0.395 e. The predicted octanol–water partition coefficient (Wildman–Crippen LogP) is 0.789. The summed E-state index contributed by atoms with van der Waals surface area (Å²) in [5.74, 6) is -0.179. The van der Waals surface area contributed by atoms with Crippen molar-refractivity contribution in [3.8, 4) is 0 Å². The number of nitrogens with one attached hydrogen (secondary N) is 2. The number of likely N-dealkylation sites (N-methyl/N-ethyl adjacent to an activating group) is 1. The van der Waals surface area contributed by atoms with Gasteiger partial charge >= 0.3 is 0 Å². The molecule has 0 unspecified atom stereocenters. The summed E-state index contributed by atoms with van der Waals surface area (Å²) in [4.78, 5) is 25.3. The fourth-order valence-corrected chi connectivity index (χ4v) is 1.83. The van der Waals surface area contributed by atoms with E-state index in [1.807, 2.05) is 20.8 Å². The third kappa shape index (κ3) is 4.77. The first-order valence-corrected chi connectivity index (χ1v) is 7.21. The molecule has 4 N–H and O–H groups in total. The van der Waals surface area contributed by atoms with E-state index in [0.717, 1.165) is 18.5 Å². The van der Waals surface area contributed by atoms with Crippen LogP contribution in [0, 0.1) is 5.92 Å². The van der Waals surface area contributed by atoms with Gasteiger partial charge in [-0.25, -0.2) is 0 Å². The van der Waals surface area contributed by atoms with Crippen LogP contribution < -0.4 is 11.1 Å². The van der Waals surface area contributed by atoms with Gasteiger partial charge in [0.25, 0.3) is 5.91 Å². The van der Waals surface area contributed by atoms with Gasteiger partial charge in [-0.05, 0) is 12.3 Å². The molecular weight excluding hydrogens is 270 g/mol. The van der Waals surface area contributed by atoms with E-state index in [4.69, 9.17) is 5.73 Å². The van der Waals surface area contributed by atoms with E-state index in [-0.39, 0.29) is 24.1 Å². The van der Waals surface area contributed by atoms with Crippen LogP contribution in [0.15, 0.2) is 0 Å². The fourth-order valence-electron chi connectivity index (χ4n) is 1.83. The quantitative estimate of drug-likeness (QED) is 0.691. The lowest BCUT2D eigenvalue weighted by atomic mass is 10.2. The van der Waals surface area contributed by atoms with Crippen molar-refractivity contribution in [3.05, 3.63) is 11.4 Å².